The molecule has 64 valence electrons. The van der Waals surface area contributed by atoms with Crippen molar-refractivity contribution in [3.63, 3.8) is 0 Å². The van der Waals surface area contributed by atoms with Gasteiger partial charge in [-0.25, -0.2) is 0 Å². The van der Waals surface area contributed by atoms with Crippen LogP contribution in [0.5, 0.6) is 0 Å². The summed E-state index contributed by atoms with van der Waals surface area (Å²) in [6.45, 7) is 2.67. The normalized spacial score (nSPS) is 9.42. The van der Waals surface area contributed by atoms with Crippen molar-refractivity contribution in [1.82, 2.24) is 9.97 Å². The maximum absolute atomic E-state index is 9.79. The first kappa shape index (κ1) is 8.64. The minimum Gasteiger partial charge on any atom is -0.467 e. The molecule has 0 N–H and O–H groups in total. The minimum atomic E-state index is 0.362. The molecular formula is C8H10N2O2. The van der Waals surface area contributed by atoms with Crippen LogP contribution in [0, 0.1) is 6.92 Å². The summed E-state index contributed by atoms with van der Waals surface area (Å²) in [6.07, 6.45) is 3.99. The summed E-state index contributed by atoms with van der Waals surface area (Å²) < 4.78 is 4.52. The first-order chi connectivity index (χ1) is 5.83. The van der Waals surface area contributed by atoms with Gasteiger partial charge in [0, 0.05) is 18.8 Å². The highest BCUT2D eigenvalue weighted by Crippen LogP contribution is 1.94. The fourth-order valence-electron chi connectivity index (χ4n) is 0.760. The van der Waals surface area contributed by atoms with Crippen molar-refractivity contribution < 1.29 is 9.53 Å². The van der Waals surface area contributed by atoms with Crippen LogP contribution in [0.3, 0.4) is 0 Å². The molecule has 1 aromatic rings. The summed E-state index contributed by atoms with van der Waals surface area (Å²) >= 11 is 0. The zero-order valence-electron chi connectivity index (χ0n) is 6.86. The molecule has 0 aliphatic rings. The van der Waals surface area contributed by atoms with E-state index in [1.807, 2.05) is 6.92 Å². The van der Waals surface area contributed by atoms with Gasteiger partial charge in [0.15, 0.2) is 0 Å². The summed E-state index contributed by atoms with van der Waals surface area (Å²) in [7, 11) is 0. The van der Waals surface area contributed by atoms with Gasteiger partial charge in [0.25, 0.3) is 6.47 Å². The second kappa shape index (κ2) is 4.43. The molecule has 12 heavy (non-hydrogen) atoms. The lowest BCUT2D eigenvalue weighted by Gasteiger charge is -1.98. The molecule has 0 aliphatic heterocycles. The summed E-state index contributed by atoms with van der Waals surface area (Å²) in [4.78, 5) is 17.9. The zero-order valence-corrected chi connectivity index (χ0v) is 6.86. The number of carbonyl (C=O) groups is 1. The van der Waals surface area contributed by atoms with Gasteiger partial charge in [-0.15, -0.1) is 0 Å². The van der Waals surface area contributed by atoms with Gasteiger partial charge in [-0.3, -0.25) is 14.8 Å². The van der Waals surface area contributed by atoms with Crippen LogP contribution in [-0.2, 0) is 16.0 Å². The van der Waals surface area contributed by atoms with Crippen LogP contribution >= 0.6 is 0 Å². The highest BCUT2D eigenvalue weighted by molar-refractivity contribution is 5.36. The van der Waals surface area contributed by atoms with Gasteiger partial charge in [-0.1, -0.05) is 0 Å². The molecule has 4 heteroatoms. The maximum Gasteiger partial charge on any atom is 0.293 e. The first-order valence-electron chi connectivity index (χ1n) is 3.65. The smallest absolute Gasteiger partial charge is 0.293 e. The summed E-state index contributed by atoms with van der Waals surface area (Å²) in [5.41, 5.74) is 1.72. The molecule has 0 radical (unpaired) electrons. The Hall–Kier alpha value is -1.45. The molecule has 0 saturated heterocycles. The third-order valence-corrected chi connectivity index (χ3v) is 1.38. The Kier molecular flexibility index (Phi) is 3.19. The fraction of sp³-hybridized carbons (Fsp3) is 0.375. The van der Waals surface area contributed by atoms with Gasteiger partial charge in [0.05, 0.1) is 18.0 Å². The van der Waals surface area contributed by atoms with E-state index in [0.29, 0.717) is 19.5 Å². The van der Waals surface area contributed by atoms with Crippen LogP contribution < -0.4 is 0 Å². The van der Waals surface area contributed by atoms with E-state index in [9.17, 15) is 4.79 Å². The van der Waals surface area contributed by atoms with Crippen molar-refractivity contribution in [2.75, 3.05) is 6.61 Å². The largest absolute Gasteiger partial charge is 0.467 e. The molecule has 0 aromatic carbocycles. The number of aryl methyl sites for hydroxylation is 1. The van der Waals surface area contributed by atoms with Crippen LogP contribution in [0.2, 0.25) is 0 Å². The van der Waals surface area contributed by atoms with Crippen molar-refractivity contribution in [2.45, 2.75) is 13.3 Å². The number of aromatic nitrogens is 2. The lowest BCUT2D eigenvalue weighted by atomic mass is 10.3. The van der Waals surface area contributed by atoms with Crippen LogP contribution in [-0.4, -0.2) is 23.0 Å². The number of nitrogens with zero attached hydrogens (tertiary/aromatic N) is 2. The number of carbonyl (C=O) groups excluding carboxylic acids is 1. The monoisotopic (exact) mass is 166 g/mol. The van der Waals surface area contributed by atoms with E-state index in [-0.39, 0.29) is 0 Å². The Bertz CT molecular complexity index is 246. The topological polar surface area (TPSA) is 52.1 Å². The van der Waals surface area contributed by atoms with E-state index >= 15 is 0 Å². The van der Waals surface area contributed by atoms with Crippen LogP contribution in [0.15, 0.2) is 12.4 Å². The van der Waals surface area contributed by atoms with Gasteiger partial charge >= 0.3 is 0 Å². The second-order valence-corrected chi connectivity index (χ2v) is 2.37. The molecule has 1 rings (SSSR count). The van der Waals surface area contributed by atoms with E-state index in [4.69, 9.17) is 0 Å². The molecule has 0 unspecified atom stereocenters. The van der Waals surface area contributed by atoms with Crippen molar-refractivity contribution in [3.8, 4) is 0 Å². The highest BCUT2D eigenvalue weighted by atomic mass is 16.5. The first-order valence-corrected chi connectivity index (χ1v) is 3.65. The highest BCUT2D eigenvalue weighted by Gasteiger charge is 1.94. The minimum absolute atomic E-state index is 0.362. The standard InChI is InChI=1S/C8H10N2O2/c1-7-4-10-8(5-9-7)2-3-12-6-11/h4-6H,2-3H2,1H3. The Balaban J connectivity index is 2.42. The van der Waals surface area contributed by atoms with Crippen LogP contribution in [0.4, 0.5) is 0 Å². The molecule has 1 heterocycles. The quantitative estimate of drug-likeness (QED) is 0.482. The van der Waals surface area contributed by atoms with E-state index in [1.54, 1.807) is 12.4 Å². The van der Waals surface area contributed by atoms with E-state index in [1.165, 1.54) is 0 Å². The van der Waals surface area contributed by atoms with E-state index in [2.05, 4.69) is 14.7 Å². The van der Waals surface area contributed by atoms with Gasteiger partial charge in [-0.05, 0) is 6.92 Å². The lowest BCUT2D eigenvalue weighted by molar-refractivity contribution is -0.128. The molecule has 0 spiro atoms. The third-order valence-electron chi connectivity index (χ3n) is 1.38. The summed E-state index contributed by atoms with van der Waals surface area (Å²) in [5, 5.41) is 0. The predicted molar refractivity (Wildman–Crippen MR) is 42.5 cm³/mol. The molecule has 0 amide bonds. The van der Waals surface area contributed by atoms with E-state index < -0.39 is 0 Å². The number of rotatable bonds is 4. The number of hydrogen-bond donors (Lipinski definition) is 0. The SMILES string of the molecule is Cc1cnc(CCOC=O)cn1. The molecular weight excluding hydrogens is 156 g/mol. The number of ether oxygens (including phenoxy) is 1. The second-order valence-electron chi connectivity index (χ2n) is 2.37. The molecule has 0 atom stereocenters. The van der Waals surface area contributed by atoms with Crippen LogP contribution in [0.1, 0.15) is 11.4 Å². The number of hydrogen-bond acceptors (Lipinski definition) is 4. The Morgan fingerprint density at radius 2 is 2.33 bits per heavy atom. The van der Waals surface area contributed by atoms with Crippen molar-refractivity contribution in [3.05, 3.63) is 23.8 Å². The van der Waals surface area contributed by atoms with Crippen molar-refractivity contribution in [2.24, 2.45) is 0 Å². The van der Waals surface area contributed by atoms with Crippen molar-refractivity contribution >= 4 is 6.47 Å². The molecule has 1 aromatic heterocycles. The average molecular weight is 166 g/mol. The molecule has 0 aliphatic carbocycles. The Morgan fingerprint density at radius 1 is 1.50 bits per heavy atom. The molecule has 0 saturated carbocycles. The zero-order chi connectivity index (χ0) is 8.81. The summed E-state index contributed by atoms with van der Waals surface area (Å²) in [6, 6.07) is 0. The van der Waals surface area contributed by atoms with Gasteiger partial charge in [0.2, 0.25) is 0 Å². The van der Waals surface area contributed by atoms with Crippen molar-refractivity contribution in [1.29, 1.82) is 0 Å². The van der Waals surface area contributed by atoms with Gasteiger partial charge in [0.1, 0.15) is 0 Å². The Labute approximate surface area is 70.6 Å². The molecule has 0 bridgehead atoms. The maximum atomic E-state index is 9.79. The van der Waals surface area contributed by atoms with Crippen LogP contribution in [0.25, 0.3) is 0 Å². The fourth-order valence-corrected chi connectivity index (χ4v) is 0.760. The lowest BCUT2D eigenvalue weighted by Crippen LogP contribution is -1.99. The average Bonchev–Trinajstić information content (AvgIpc) is 2.09. The summed E-state index contributed by atoms with van der Waals surface area (Å²) in [5.74, 6) is 0. The predicted octanol–water partition coefficient (Wildman–Crippen LogP) is 0.501. The van der Waals surface area contributed by atoms with E-state index in [0.717, 1.165) is 11.4 Å². The third kappa shape index (κ3) is 2.65. The Morgan fingerprint density at radius 3 is 2.92 bits per heavy atom. The molecule has 4 nitrogen and oxygen atoms in total. The van der Waals surface area contributed by atoms with Gasteiger partial charge < -0.3 is 4.74 Å². The van der Waals surface area contributed by atoms with Gasteiger partial charge in [-0.2, -0.15) is 0 Å². The molecule has 0 fully saturated rings.